The van der Waals surface area contributed by atoms with Crippen LogP contribution >= 0.6 is 23.4 Å². The van der Waals surface area contributed by atoms with Crippen molar-refractivity contribution in [1.82, 2.24) is 30.1 Å². The fraction of sp³-hybridized carbons (Fsp3) is 0.375. The van der Waals surface area contributed by atoms with Crippen molar-refractivity contribution in [1.29, 1.82) is 0 Å². The minimum absolute atomic E-state index is 0.0155. The van der Waals surface area contributed by atoms with Gasteiger partial charge in [-0.25, -0.2) is 22.7 Å². The van der Waals surface area contributed by atoms with E-state index in [0.29, 0.717) is 42.6 Å². The number of halogens is 4. The number of rotatable bonds is 8. The molecule has 13 heteroatoms. The highest BCUT2D eigenvalue weighted by Crippen LogP contribution is 2.34. The third-order valence-corrected chi connectivity index (χ3v) is 7.81. The van der Waals surface area contributed by atoms with Crippen LogP contribution in [0, 0.1) is 5.82 Å². The maximum Gasteiger partial charge on any atom is 0.278 e. The molecular weight excluding hydrogens is 529 g/mol. The van der Waals surface area contributed by atoms with Gasteiger partial charge in [0.2, 0.25) is 5.88 Å². The molecule has 3 aromatic rings. The zero-order valence-electron chi connectivity index (χ0n) is 19.5. The molecule has 2 aromatic heterocycles. The highest BCUT2D eigenvalue weighted by Gasteiger charge is 2.35. The first-order chi connectivity index (χ1) is 17.9. The van der Waals surface area contributed by atoms with E-state index in [4.69, 9.17) is 16.3 Å². The number of thioether (sulfide) groups is 1. The van der Waals surface area contributed by atoms with Crippen LogP contribution in [0.25, 0.3) is 5.52 Å². The van der Waals surface area contributed by atoms with Gasteiger partial charge in [-0.15, -0.1) is 11.8 Å². The average Bonchev–Trinajstić information content (AvgIpc) is 3.56. The van der Waals surface area contributed by atoms with Gasteiger partial charge >= 0.3 is 0 Å². The van der Waals surface area contributed by atoms with Crippen molar-refractivity contribution in [3.05, 3.63) is 69.9 Å². The molecule has 37 heavy (non-hydrogen) atoms. The molecule has 0 aliphatic carbocycles. The molecule has 0 bridgehead atoms. The lowest BCUT2D eigenvalue weighted by atomic mass is 10.0. The molecule has 8 nitrogen and oxygen atoms in total. The van der Waals surface area contributed by atoms with Crippen molar-refractivity contribution < 1.29 is 22.7 Å². The second-order valence-corrected chi connectivity index (χ2v) is 10.0. The van der Waals surface area contributed by atoms with Crippen molar-refractivity contribution in [3.8, 4) is 5.88 Å². The van der Waals surface area contributed by atoms with E-state index >= 15 is 0 Å². The topological polar surface area (TPSA) is 83.8 Å². The number of alkyl halides is 2. The number of hydrogen-bond acceptors (Lipinski definition) is 7. The summed E-state index contributed by atoms with van der Waals surface area (Å²) in [5, 5.41) is 9.63. The Hall–Kier alpha value is -2.96. The summed E-state index contributed by atoms with van der Waals surface area (Å²) in [5.74, 6) is -0.631. The number of nitrogens with one attached hydrogen (secondary N) is 2. The molecule has 2 aliphatic heterocycles. The fourth-order valence-corrected chi connectivity index (χ4v) is 5.96. The average molecular weight is 553 g/mol. The van der Waals surface area contributed by atoms with Crippen molar-refractivity contribution >= 4 is 34.8 Å². The molecule has 1 unspecified atom stereocenters. The molecule has 0 radical (unpaired) electrons. The normalized spacial score (nSPS) is 17.9. The Morgan fingerprint density at radius 2 is 2.08 bits per heavy atom. The van der Waals surface area contributed by atoms with E-state index < -0.39 is 24.2 Å². The standard InChI is InChI=1S/C24H24ClF3N6O2S/c25-15-2-1-3-16(26)19(15)23(35)30-12-18(21-20(22(27)28)31-13-37-21)33-9-5-14(6-10-33)36-24-17-4-7-32-34(17)11-8-29-24/h1-4,7-8,11,14,18,22,31H,5-6,9-10,12-13H2,(H,30,35). The number of likely N-dealkylation sites (tertiary alicyclic amines) is 1. The zero-order chi connectivity index (χ0) is 25.9. The Balaban J connectivity index is 1.30. The van der Waals surface area contributed by atoms with Crippen LogP contribution in [0.15, 0.2) is 53.5 Å². The van der Waals surface area contributed by atoms with Crippen molar-refractivity contribution in [2.45, 2.75) is 31.4 Å². The summed E-state index contributed by atoms with van der Waals surface area (Å²) in [6.07, 6.45) is 3.50. The molecule has 5 rings (SSSR count). The quantitative estimate of drug-likeness (QED) is 0.438. The molecule has 1 saturated heterocycles. The van der Waals surface area contributed by atoms with Crippen molar-refractivity contribution in [2.24, 2.45) is 0 Å². The summed E-state index contributed by atoms with van der Waals surface area (Å²) in [4.78, 5) is 19.6. The predicted octanol–water partition coefficient (Wildman–Crippen LogP) is 3.93. The monoisotopic (exact) mass is 552 g/mol. The minimum atomic E-state index is -2.67. The summed E-state index contributed by atoms with van der Waals surface area (Å²) in [5.41, 5.74) is 0.359. The van der Waals surface area contributed by atoms with Gasteiger partial charge in [-0.3, -0.25) is 9.69 Å². The molecule has 1 fully saturated rings. The van der Waals surface area contributed by atoms with Gasteiger partial charge in [-0.05, 0) is 31.0 Å². The van der Waals surface area contributed by atoms with E-state index in [9.17, 15) is 18.0 Å². The van der Waals surface area contributed by atoms with Gasteiger partial charge in [0.05, 0.1) is 34.4 Å². The van der Waals surface area contributed by atoms with Gasteiger partial charge in [0.1, 0.15) is 17.4 Å². The van der Waals surface area contributed by atoms with Gasteiger partial charge in [-0.2, -0.15) is 5.10 Å². The van der Waals surface area contributed by atoms with E-state index in [1.807, 2.05) is 11.0 Å². The minimum Gasteiger partial charge on any atom is -0.473 e. The van der Waals surface area contributed by atoms with Crippen LogP contribution in [-0.4, -0.2) is 69.5 Å². The van der Waals surface area contributed by atoms with E-state index in [0.717, 1.165) is 11.6 Å². The van der Waals surface area contributed by atoms with Crippen LogP contribution in [0.4, 0.5) is 13.2 Å². The van der Waals surface area contributed by atoms with Crippen molar-refractivity contribution in [3.63, 3.8) is 0 Å². The van der Waals surface area contributed by atoms with E-state index in [2.05, 4.69) is 20.7 Å². The molecule has 0 saturated carbocycles. The number of piperidine rings is 1. The summed E-state index contributed by atoms with van der Waals surface area (Å²) >= 11 is 7.32. The molecule has 1 atom stereocenters. The lowest BCUT2D eigenvalue weighted by molar-refractivity contribution is 0.0782. The first kappa shape index (κ1) is 25.7. The predicted molar refractivity (Wildman–Crippen MR) is 134 cm³/mol. The molecule has 0 spiro atoms. The van der Waals surface area contributed by atoms with Crippen LogP contribution in [0.3, 0.4) is 0 Å². The summed E-state index contributed by atoms with van der Waals surface area (Å²) < 4.78 is 49.6. The van der Waals surface area contributed by atoms with Gasteiger partial charge in [0.15, 0.2) is 0 Å². The second kappa shape index (κ2) is 11.2. The number of benzene rings is 1. The van der Waals surface area contributed by atoms with E-state index in [-0.39, 0.29) is 28.9 Å². The fourth-order valence-electron chi connectivity index (χ4n) is 4.58. The maximum atomic E-state index is 14.2. The van der Waals surface area contributed by atoms with Gasteiger partial charge in [0, 0.05) is 36.9 Å². The molecular formula is C24H24ClF3N6O2S. The number of fused-ring (bicyclic) bond motifs is 1. The van der Waals surface area contributed by atoms with Gasteiger partial charge in [-0.1, -0.05) is 17.7 Å². The Labute approximate surface area is 220 Å². The summed E-state index contributed by atoms with van der Waals surface area (Å²) in [6.45, 7) is 1.12. The largest absolute Gasteiger partial charge is 0.473 e. The Kier molecular flexibility index (Phi) is 7.77. The number of carbonyl (C=O) groups is 1. The first-order valence-electron chi connectivity index (χ1n) is 11.7. The SMILES string of the molecule is O=C(NCC(C1=C(C(F)F)NCS1)N1CCC(Oc2nccn3nccc23)CC1)c1c(F)cccc1Cl. The Morgan fingerprint density at radius 1 is 1.27 bits per heavy atom. The molecule has 196 valence electrons. The van der Waals surface area contributed by atoms with E-state index in [1.54, 1.807) is 23.1 Å². The molecule has 1 aromatic carbocycles. The Bertz CT molecular complexity index is 1290. The molecule has 4 heterocycles. The van der Waals surface area contributed by atoms with Crippen LogP contribution in [0.5, 0.6) is 5.88 Å². The lowest BCUT2D eigenvalue weighted by Crippen LogP contribution is -2.49. The number of ether oxygens (including phenoxy) is 1. The zero-order valence-corrected chi connectivity index (χ0v) is 21.1. The number of aromatic nitrogens is 3. The van der Waals surface area contributed by atoms with Crippen LogP contribution in [0.1, 0.15) is 23.2 Å². The van der Waals surface area contributed by atoms with E-state index in [1.165, 1.54) is 23.9 Å². The van der Waals surface area contributed by atoms with Gasteiger partial charge in [0.25, 0.3) is 12.3 Å². The van der Waals surface area contributed by atoms with Crippen LogP contribution in [-0.2, 0) is 0 Å². The maximum absolute atomic E-state index is 14.2. The van der Waals surface area contributed by atoms with Crippen LogP contribution in [0.2, 0.25) is 5.02 Å². The number of nitrogens with zero attached hydrogens (tertiary/aromatic N) is 4. The number of hydrogen-bond donors (Lipinski definition) is 2. The highest BCUT2D eigenvalue weighted by atomic mass is 35.5. The summed E-state index contributed by atoms with van der Waals surface area (Å²) in [7, 11) is 0. The summed E-state index contributed by atoms with van der Waals surface area (Å²) in [6, 6.07) is 5.29. The van der Waals surface area contributed by atoms with Crippen molar-refractivity contribution in [2.75, 3.05) is 25.5 Å². The molecule has 2 aliphatic rings. The number of allylic oxidation sites excluding steroid dienone is 1. The number of amides is 1. The smallest absolute Gasteiger partial charge is 0.278 e. The third kappa shape index (κ3) is 5.51. The lowest BCUT2D eigenvalue weighted by Gasteiger charge is -2.38. The molecule has 1 amide bonds. The first-order valence-corrected chi connectivity index (χ1v) is 13.1. The second-order valence-electron chi connectivity index (χ2n) is 8.61. The third-order valence-electron chi connectivity index (χ3n) is 6.41. The van der Waals surface area contributed by atoms with Gasteiger partial charge < -0.3 is 15.4 Å². The molecule has 2 N–H and O–H groups in total. The number of carbonyl (C=O) groups excluding carboxylic acids is 1. The Morgan fingerprint density at radius 3 is 2.84 bits per heavy atom. The van der Waals surface area contributed by atoms with Crippen LogP contribution < -0.4 is 15.4 Å². The highest BCUT2D eigenvalue weighted by molar-refractivity contribution is 8.03.